The van der Waals surface area contributed by atoms with Gasteiger partial charge in [0.2, 0.25) is 0 Å². The number of aryl methyl sites for hydroxylation is 2. The van der Waals surface area contributed by atoms with Crippen LogP contribution < -0.4 is 5.69 Å². The first-order chi connectivity index (χ1) is 11.4. The Morgan fingerprint density at radius 3 is 2.62 bits per heavy atom. The average molecular weight is 347 g/mol. The molecule has 124 valence electrons. The lowest BCUT2D eigenvalue weighted by molar-refractivity contribution is 0.103. The van der Waals surface area contributed by atoms with Crippen molar-refractivity contribution < 1.29 is 9.32 Å². The van der Waals surface area contributed by atoms with Crippen LogP contribution in [0.2, 0.25) is 5.02 Å². The number of benzene rings is 1. The topological polar surface area (TPSA) is 82.9 Å². The lowest BCUT2D eigenvalue weighted by Gasteiger charge is -2.08. The fraction of sp³-hybridized carbons (Fsp3) is 0.250. The van der Waals surface area contributed by atoms with E-state index in [-0.39, 0.29) is 18.0 Å². The molecule has 24 heavy (non-hydrogen) atoms. The van der Waals surface area contributed by atoms with E-state index < -0.39 is 0 Å². The second-order valence-corrected chi connectivity index (χ2v) is 5.83. The fourth-order valence-electron chi connectivity index (χ4n) is 2.40. The molecule has 0 aliphatic carbocycles. The van der Waals surface area contributed by atoms with Gasteiger partial charge in [0, 0.05) is 12.6 Å². The Morgan fingerprint density at radius 2 is 2.04 bits per heavy atom. The Kier molecular flexibility index (Phi) is 4.11. The summed E-state index contributed by atoms with van der Waals surface area (Å²) in [6.07, 6.45) is 1.37. The summed E-state index contributed by atoms with van der Waals surface area (Å²) in [6, 6.07) is 5.11. The minimum absolute atomic E-state index is 0.184. The van der Waals surface area contributed by atoms with Crippen LogP contribution in [-0.4, -0.2) is 25.3 Å². The number of aromatic nitrogens is 4. The molecule has 0 atom stereocenters. The number of halogens is 1. The Balaban J connectivity index is 2.00. The summed E-state index contributed by atoms with van der Waals surface area (Å²) in [5.74, 6) is 0.756. The number of carbonyl (C=O) groups is 1. The first-order valence-electron chi connectivity index (χ1n) is 7.24. The van der Waals surface area contributed by atoms with Crippen molar-refractivity contribution >= 4 is 17.4 Å². The van der Waals surface area contributed by atoms with Crippen molar-refractivity contribution in [1.29, 1.82) is 0 Å². The molecule has 0 aliphatic heterocycles. The Hall–Kier alpha value is -2.67. The smallest absolute Gasteiger partial charge is 0.345 e. The molecule has 0 unspecified atom stereocenters. The molecule has 2 heterocycles. The van der Waals surface area contributed by atoms with E-state index in [1.165, 1.54) is 15.4 Å². The van der Waals surface area contributed by atoms with Gasteiger partial charge in [-0.2, -0.15) is 5.10 Å². The van der Waals surface area contributed by atoms with E-state index in [0.717, 1.165) is 0 Å². The SMILES string of the molecule is Cc1oncc1C(=O)c1cccc(Cn2nc(C)n(C)c2=O)c1Cl. The van der Waals surface area contributed by atoms with Crippen molar-refractivity contribution in [3.8, 4) is 0 Å². The number of hydrogen-bond acceptors (Lipinski definition) is 5. The number of ketones is 1. The summed E-state index contributed by atoms with van der Waals surface area (Å²) in [6.45, 7) is 3.59. The number of hydrogen-bond donors (Lipinski definition) is 0. The summed E-state index contributed by atoms with van der Waals surface area (Å²) in [4.78, 5) is 24.7. The van der Waals surface area contributed by atoms with E-state index in [1.54, 1.807) is 39.1 Å². The predicted octanol–water partition coefficient (Wildman–Crippen LogP) is 2.12. The van der Waals surface area contributed by atoms with Gasteiger partial charge < -0.3 is 4.52 Å². The molecule has 0 spiro atoms. The third-order valence-corrected chi connectivity index (χ3v) is 4.34. The number of rotatable bonds is 4. The zero-order chi connectivity index (χ0) is 17.4. The van der Waals surface area contributed by atoms with E-state index in [0.29, 0.717) is 33.3 Å². The maximum absolute atomic E-state index is 12.6. The lowest BCUT2D eigenvalue weighted by atomic mass is 10.0. The molecule has 1 aromatic carbocycles. The van der Waals surface area contributed by atoms with Crippen LogP contribution in [0.4, 0.5) is 0 Å². The van der Waals surface area contributed by atoms with Gasteiger partial charge in [0.1, 0.15) is 11.6 Å². The van der Waals surface area contributed by atoms with E-state index in [9.17, 15) is 9.59 Å². The van der Waals surface area contributed by atoms with Gasteiger partial charge in [-0.15, -0.1) is 0 Å². The van der Waals surface area contributed by atoms with Gasteiger partial charge in [0.05, 0.1) is 23.3 Å². The Morgan fingerprint density at radius 1 is 1.29 bits per heavy atom. The van der Waals surface area contributed by atoms with Crippen molar-refractivity contribution in [3.05, 3.63) is 68.2 Å². The highest BCUT2D eigenvalue weighted by Crippen LogP contribution is 2.25. The van der Waals surface area contributed by atoms with Gasteiger partial charge in [0.15, 0.2) is 5.78 Å². The highest BCUT2D eigenvalue weighted by molar-refractivity contribution is 6.35. The molecule has 0 amide bonds. The minimum atomic E-state index is -0.273. The maximum Gasteiger partial charge on any atom is 0.345 e. The molecule has 7 nitrogen and oxygen atoms in total. The van der Waals surface area contributed by atoms with Gasteiger partial charge >= 0.3 is 5.69 Å². The molecule has 0 aliphatic rings. The molecule has 2 aromatic heterocycles. The van der Waals surface area contributed by atoms with E-state index >= 15 is 0 Å². The van der Waals surface area contributed by atoms with Crippen LogP contribution >= 0.6 is 11.6 Å². The van der Waals surface area contributed by atoms with E-state index in [2.05, 4.69) is 10.3 Å². The fourth-order valence-corrected chi connectivity index (χ4v) is 2.67. The summed E-state index contributed by atoms with van der Waals surface area (Å²) >= 11 is 6.40. The van der Waals surface area contributed by atoms with Crippen molar-refractivity contribution in [2.75, 3.05) is 0 Å². The van der Waals surface area contributed by atoms with Crippen molar-refractivity contribution in [3.63, 3.8) is 0 Å². The molecule has 3 rings (SSSR count). The van der Waals surface area contributed by atoms with E-state index in [1.807, 2.05) is 0 Å². The molecule has 0 saturated heterocycles. The van der Waals surface area contributed by atoms with Crippen LogP contribution in [-0.2, 0) is 13.6 Å². The number of nitrogens with zero attached hydrogens (tertiary/aromatic N) is 4. The number of carbonyl (C=O) groups excluding carboxylic acids is 1. The molecule has 3 aromatic rings. The molecule has 8 heteroatoms. The van der Waals surface area contributed by atoms with Crippen LogP contribution in [0.5, 0.6) is 0 Å². The normalized spacial score (nSPS) is 11.0. The van der Waals surface area contributed by atoms with Crippen molar-refractivity contribution in [1.82, 2.24) is 19.5 Å². The minimum Gasteiger partial charge on any atom is -0.361 e. The molecular formula is C16H15ClN4O3. The molecule has 0 saturated carbocycles. The van der Waals surface area contributed by atoms with Gasteiger partial charge in [-0.1, -0.05) is 28.9 Å². The maximum atomic E-state index is 12.6. The highest BCUT2D eigenvalue weighted by Gasteiger charge is 2.20. The third kappa shape index (κ3) is 2.67. The van der Waals surface area contributed by atoms with Gasteiger partial charge in [-0.3, -0.25) is 9.36 Å². The standard InChI is InChI=1S/C16H15ClN4O3/c1-9-13(7-18-24-9)15(22)12-6-4-5-11(14(12)17)8-21-16(23)20(3)10(2)19-21/h4-7H,8H2,1-3H3. The molecular weight excluding hydrogens is 332 g/mol. The highest BCUT2D eigenvalue weighted by atomic mass is 35.5. The van der Waals surface area contributed by atoms with Crippen LogP contribution in [0.3, 0.4) is 0 Å². The van der Waals surface area contributed by atoms with Crippen LogP contribution in [0.25, 0.3) is 0 Å². The first-order valence-corrected chi connectivity index (χ1v) is 7.61. The monoisotopic (exact) mass is 346 g/mol. The van der Waals surface area contributed by atoms with Crippen molar-refractivity contribution in [2.24, 2.45) is 7.05 Å². The Labute approximate surface area is 142 Å². The first kappa shape index (κ1) is 16.2. The summed E-state index contributed by atoms with van der Waals surface area (Å²) in [5, 5.41) is 8.09. The van der Waals surface area contributed by atoms with E-state index in [4.69, 9.17) is 16.1 Å². The van der Waals surface area contributed by atoms with Crippen LogP contribution in [0.15, 0.2) is 33.7 Å². The lowest BCUT2D eigenvalue weighted by Crippen LogP contribution is -2.24. The molecule has 0 fully saturated rings. The second kappa shape index (κ2) is 6.09. The summed E-state index contributed by atoms with van der Waals surface area (Å²) in [7, 11) is 1.65. The summed E-state index contributed by atoms with van der Waals surface area (Å²) < 4.78 is 7.70. The third-order valence-electron chi connectivity index (χ3n) is 3.90. The van der Waals surface area contributed by atoms with Gasteiger partial charge in [-0.05, 0) is 25.5 Å². The molecule has 0 bridgehead atoms. The van der Waals surface area contributed by atoms with Gasteiger partial charge in [0.25, 0.3) is 0 Å². The Bertz CT molecular complexity index is 984. The largest absolute Gasteiger partial charge is 0.361 e. The zero-order valence-electron chi connectivity index (χ0n) is 13.4. The predicted molar refractivity (Wildman–Crippen MR) is 87.4 cm³/mol. The average Bonchev–Trinajstić information content (AvgIpc) is 3.08. The van der Waals surface area contributed by atoms with Crippen LogP contribution in [0.1, 0.15) is 33.1 Å². The van der Waals surface area contributed by atoms with Crippen molar-refractivity contribution in [2.45, 2.75) is 20.4 Å². The second-order valence-electron chi connectivity index (χ2n) is 5.45. The molecule has 0 N–H and O–H groups in total. The molecule has 0 radical (unpaired) electrons. The summed E-state index contributed by atoms with van der Waals surface area (Å²) in [5.41, 5.74) is 1.09. The zero-order valence-corrected chi connectivity index (χ0v) is 14.2. The van der Waals surface area contributed by atoms with Crippen LogP contribution in [0, 0.1) is 13.8 Å². The van der Waals surface area contributed by atoms with Gasteiger partial charge in [-0.25, -0.2) is 9.48 Å². The quantitative estimate of drug-likeness (QED) is 0.676.